The number of likely N-dealkylation sites (tertiary alicyclic amines) is 1. The summed E-state index contributed by atoms with van der Waals surface area (Å²) in [6, 6.07) is 5.61. The number of hydrogen-bond acceptors (Lipinski definition) is 6. The van der Waals surface area contributed by atoms with Crippen LogP contribution in [-0.4, -0.2) is 50.4 Å². The topological polar surface area (TPSA) is 57.0 Å². The van der Waals surface area contributed by atoms with Crippen LogP contribution < -0.4 is 9.47 Å². The summed E-state index contributed by atoms with van der Waals surface area (Å²) in [5.41, 5.74) is 1.75. The molecule has 1 aromatic carbocycles. The molecule has 0 radical (unpaired) electrons. The van der Waals surface area contributed by atoms with E-state index in [0.717, 1.165) is 55.2 Å². The van der Waals surface area contributed by atoms with E-state index in [4.69, 9.17) is 23.6 Å². The maximum absolute atomic E-state index is 5.93. The zero-order valence-electron chi connectivity index (χ0n) is 15.4. The summed E-state index contributed by atoms with van der Waals surface area (Å²) in [6.45, 7) is 4.71. The Kier molecular flexibility index (Phi) is 5.60. The van der Waals surface area contributed by atoms with Gasteiger partial charge in [-0.1, -0.05) is 0 Å². The van der Waals surface area contributed by atoms with Gasteiger partial charge in [-0.3, -0.25) is 4.90 Å². The van der Waals surface area contributed by atoms with Gasteiger partial charge in [0.25, 0.3) is 0 Å². The van der Waals surface area contributed by atoms with Crippen LogP contribution in [0.1, 0.15) is 24.3 Å². The van der Waals surface area contributed by atoms with Crippen LogP contribution in [0.25, 0.3) is 11.5 Å². The normalized spacial score (nSPS) is 18.3. The first-order valence-electron chi connectivity index (χ1n) is 8.58. The molecule has 0 amide bonds. The predicted octanol–water partition coefficient (Wildman–Crippen LogP) is 3.28. The van der Waals surface area contributed by atoms with Gasteiger partial charge in [0.2, 0.25) is 5.89 Å². The van der Waals surface area contributed by atoms with Crippen molar-refractivity contribution >= 4 is 0 Å². The minimum absolute atomic E-state index is 0.305. The third-order valence-corrected chi connectivity index (χ3v) is 4.70. The number of aryl methyl sites for hydroxylation is 1. The van der Waals surface area contributed by atoms with Crippen LogP contribution in [0.2, 0.25) is 0 Å². The van der Waals surface area contributed by atoms with Gasteiger partial charge in [-0.25, -0.2) is 4.98 Å². The van der Waals surface area contributed by atoms with Crippen LogP contribution in [0, 0.1) is 6.92 Å². The molecule has 0 aliphatic carbocycles. The number of rotatable bonds is 6. The van der Waals surface area contributed by atoms with E-state index >= 15 is 0 Å². The van der Waals surface area contributed by atoms with Gasteiger partial charge in [0.05, 0.1) is 31.6 Å². The SMILES string of the molecule is COc1ccc(OC)c(-c2nc(CN3CCC[C@H](OC)C3)c(C)o2)c1. The summed E-state index contributed by atoms with van der Waals surface area (Å²) in [6.07, 6.45) is 2.57. The van der Waals surface area contributed by atoms with Crippen LogP contribution in [0.5, 0.6) is 11.5 Å². The number of benzene rings is 1. The smallest absolute Gasteiger partial charge is 0.230 e. The lowest BCUT2D eigenvalue weighted by atomic mass is 10.1. The molecule has 136 valence electrons. The average Bonchev–Trinajstić information content (AvgIpc) is 3.01. The van der Waals surface area contributed by atoms with Crippen molar-refractivity contribution in [1.82, 2.24) is 9.88 Å². The zero-order chi connectivity index (χ0) is 17.8. The molecular formula is C19H26N2O4. The van der Waals surface area contributed by atoms with Crippen molar-refractivity contribution in [3.05, 3.63) is 29.7 Å². The number of piperidine rings is 1. The molecule has 1 fully saturated rings. The first kappa shape index (κ1) is 17.8. The lowest BCUT2D eigenvalue weighted by Gasteiger charge is -2.31. The molecule has 1 aliphatic rings. The Balaban J connectivity index is 1.83. The first-order chi connectivity index (χ1) is 12.1. The summed E-state index contributed by atoms with van der Waals surface area (Å²) in [7, 11) is 5.06. The summed E-state index contributed by atoms with van der Waals surface area (Å²) < 4.78 is 22.2. The summed E-state index contributed by atoms with van der Waals surface area (Å²) in [4.78, 5) is 7.09. The Hall–Kier alpha value is -2.05. The summed E-state index contributed by atoms with van der Waals surface area (Å²) in [5.74, 6) is 2.85. The molecule has 6 nitrogen and oxygen atoms in total. The lowest BCUT2D eigenvalue weighted by molar-refractivity contribution is 0.0280. The Morgan fingerprint density at radius 3 is 2.80 bits per heavy atom. The number of hydrogen-bond donors (Lipinski definition) is 0. The molecule has 0 saturated carbocycles. The molecule has 0 N–H and O–H groups in total. The molecule has 1 aromatic heterocycles. The highest BCUT2D eigenvalue weighted by Gasteiger charge is 2.22. The maximum Gasteiger partial charge on any atom is 0.230 e. The molecule has 1 aliphatic heterocycles. The monoisotopic (exact) mass is 346 g/mol. The Bertz CT molecular complexity index is 713. The first-order valence-corrected chi connectivity index (χ1v) is 8.58. The van der Waals surface area contributed by atoms with E-state index in [1.54, 1.807) is 21.3 Å². The van der Waals surface area contributed by atoms with E-state index in [1.807, 2.05) is 25.1 Å². The number of methoxy groups -OCH3 is 3. The van der Waals surface area contributed by atoms with Crippen molar-refractivity contribution in [3.8, 4) is 23.0 Å². The highest BCUT2D eigenvalue weighted by Crippen LogP contribution is 2.34. The molecule has 0 bridgehead atoms. The van der Waals surface area contributed by atoms with Gasteiger partial charge in [-0.2, -0.15) is 0 Å². The number of aromatic nitrogens is 1. The molecule has 0 unspecified atom stereocenters. The minimum Gasteiger partial charge on any atom is -0.497 e. The van der Waals surface area contributed by atoms with Gasteiger partial charge in [-0.15, -0.1) is 0 Å². The van der Waals surface area contributed by atoms with Crippen molar-refractivity contribution in [2.45, 2.75) is 32.4 Å². The van der Waals surface area contributed by atoms with Crippen LogP contribution >= 0.6 is 0 Å². The van der Waals surface area contributed by atoms with Gasteiger partial charge in [-0.05, 0) is 44.5 Å². The fourth-order valence-electron chi connectivity index (χ4n) is 3.23. The third kappa shape index (κ3) is 3.96. The molecular weight excluding hydrogens is 320 g/mol. The Morgan fingerprint density at radius 2 is 2.08 bits per heavy atom. The second-order valence-corrected chi connectivity index (χ2v) is 6.32. The van der Waals surface area contributed by atoms with E-state index in [0.29, 0.717) is 17.7 Å². The van der Waals surface area contributed by atoms with Crippen molar-refractivity contribution in [3.63, 3.8) is 0 Å². The molecule has 6 heteroatoms. The Labute approximate surface area is 148 Å². The molecule has 2 aromatic rings. The van der Waals surface area contributed by atoms with Crippen molar-refractivity contribution in [1.29, 1.82) is 0 Å². The largest absolute Gasteiger partial charge is 0.497 e. The summed E-state index contributed by atoms with van der Waals surface area (Å²) in [5, 5.41) is 0. The molecule has 2 heterocycles. The molecule has 0 spiro atoms. The second kappa shape index (κ2) is 7.89. The minimum atomic E-state index is 0.305. The molecule has 3 rings (SSSR count). The fraction of sp³-hybridized carbons (Fsp3) is 0.526. The summed E-state index contributed by atoms with van der Waals surface area (Å²) >= 11 is 0. The number of ether oxygens (including phenoxy) is 3. The standard InChI is InChI=1S/C19H26N2O4/c1-13-17(12-21-9-5-6-15(11-21)23-3)20-19(25-13)16-10-14(22-2)7-8-18(16)24-4/h7-8,10,15H,5-6,9,11-12H2,1-4H3/t15-/m0/s1. The van der Waals surface area contributed by atoms with Gasteiger partial charge in [0.1, 0.15) is 17.3 Å². The Morgan fingerprint density at radius 1 is 1.24 bits per heavy atom. The fourth-order valence-corrected chi connectivity index (χ4v) is 3.23. The van der Waals surface area contributed by atoms with Crippen LogP contribution in [0.3, 0.4) is 0 Å². The van der Waals surface area contributed by atoms with Gasteiger partial charge in [0.15, 0.2) is 0 Å². The van der Waals surface area contributed by atoms with Crippen molar-refractivity contribution in [2.24, 2.45) is 0 Å². The lowest BCUT2D eigenvalue weighted by Crippen LogP contribution is -2.38. The molecule has 1 saturated heterocycles. The second-order valence-electron chi connectivity index (χ2n) is 6.32. The van der Waals surface area contributed by atoms with Crippen LogP contribution in [0.15, 0.2) is 22.6 Å². The third-order valence-electron chi connectivity index (χ3n) is 4.70. The highest BCUT2D eigenvalue weighted by atomic mass is 16.5. The van der Waals surface area contributed by atoms with E-state index < -0.39 is 0 Å². The molecule has 25 heavy (non-hydrogen) atoms. The van der Waals surface area contributed by atoms with Crippen molar-refractivity contribution in [2.75, 3.05) is 34.4 Å². The number of nitrogens with zero attached hydrogens (tertiary/aromatic N) is 2. The van der Waals surface area contributed by atoms with Crippen LogP contribution in [0.4, 0.5) is 0 Å². The predicted molar refractivity (Wildman–Crippen MR) is 95.1 cm³/mol. The van der Waals surface area contributed by atoms with E-state index in [2.05, 4.69) is 4.90 Å². The van der Waals surface area contributed by atoms with Gasteiger partial charge < -0.3 is 18.6 Å². The molecule has 1 atom stereocenters. The number of oxazole rings is 1. The van der Waals surface area contributed by atoms with Crippen molar-refractivity contribution < 1.29 is 18.6 Å². The zero-order valence-corrected chi connectivity index (χ0v) is 15.4. The van der Waals surface area contributed by atoms with Gasteiger partial charge >= 0.3 is 0 Å². The van der Waals surface area contributed by atoms with E-state index in [-0.39, 0.29) is 0 Å². The maximum atomic E-state index is 5.93. The van der Waals surface area contributed by atoms with E-state index in [1.165, 1.54) is 0 Å². The van der Waals surface area contributed by atoms with E-state index in [9.17, 15) is 0 Å². The van der Waals surface area contributed by atoms with Crippen LogP contribution in [-0.2, 0) is 11.3 Å². The average molecular weight is 346 g/mol. The highest BCUT2D eigenvalue weighted by molar-refractivity contribution is 5.65. The van der Waals surface area contributed by atoms with Gasteiger partial charge in [0, 0.05) is 20.2 Å². The quantitative estimate of drug-likeness (QED) is 0.800.